The van der Waals surface area contributed by atoms with Crippen LogP contribution >= 0.6 is 11.6 Å². The molecule has 0 bridgehead atoms. The quantitative estimate of drug-likeness (QED) is 0.390. The van der Waals surface area contributed by atoms with Gasteiger partial charge in [0, 0.05) is 19.1 Å². The van der Waals surface area contributed by atoms with Crippen LogP contribution in [0, 0.1) is 18.8 Å². The fourth-order valence-corrected chi connectivity index (χ4v) is 5.36. The van der Waals surface area contributed by atoms with Crippen LogP contribution in [0.15, 0.2) is 42.5 Å². The molecule has 246 valence electrons. The van der Waals surface area contributed by atoms with Gasteiger partial charge in [0.25, 0.3) is 5.91 Å². The Hall–Kier alpha value is -3.79. The van der Waals surface area contributed by atoms with E-state index in [1.54, 1.807) is 61.5 Å². The number of halogens is 1. The van der Waals surface area contributed by atoms with Crippen molar-refractivity contribution in [1.29, 1.82) is 0 Å². The molecular formula is C34H47ClN4O6. The molecule has 0 aliphatic carbocycles. The molecule has 1 heterocycles. The van der Waals surface area contributed by atoms with E-state index in [1.807, 2.05) is 20.8 Å². The van der Waals surface area contributed by atoms with Crippen LogP contribution in [-0.2, 0) is 14.4 Å². The molecule has 1 aliphatic heterocycles. The fourth-order valence-electron chi connectivity index (χ4n) is 5.25. The highest BCUT2D eigenvalue weighted by Crippen LogP contribution is 2.24. The Labute approximate surface area is 271 Å². The first kappa shape index (κ1) is 35.7. The van der Waals surface area contributed by atoms with Gasteiger partial charge in [-0.25, -0.2) is 0 Å². The third-order valence-corrected chi connectivity index (χ3v) is 8.27. The smallest absolute Gasteiger partial charge is 0.255 e. The number of benzene rings is 2. The molecule has 0 radical (unpaired) electrons. The number of carbonyl (C=O) groups is 4. The normalized spacial score (nSPS) is 20.0. The minimum Gasteiger partial charge on any atom is -0.492 e. The lowest BCUT2D eigenvalue weighted by atomic mass is 9.98. The van der Waals surface area contributed by atoms with E-state index in [9.17, 15) is 19.2 Å². The Morgan fingerprint density at radius 2 is 1.73 bits per heavy atom. The standard InChI is InChI=1S/C34H47ClN4O6/c1-21(2)16-24-20-45-30-11-9-8-10-26(30)32(41)37-28(19-31(40)39(7)29(17-22(3)4)34(43)38(24)6)33(42)36-14-15-44-25-12-13-27(35)23(5)18-25/h8-13,18,21-22,24,28-29H,14-17,19-20H2,1-7H3,(H,36,42)(H,37,41)/t24-,28+,29+/m1/s1. The summed E-state index contributed by atoms with van der Waals surface area (Å²) in [5.74, 6) is -0.397. The maximum absolute atomic E-state index is 13.9. The van der Waals surface area contributed by atoms with Gasteiger partial charge in [0.05, 0.1) is 24.6 Å². The Morgan fingerprint density at radius 3 is 2.40 bits per heavy atom. The SMILES string of the molecule is Cc1cc(OCCNC(=O)[C@@H]2CC(=O)N(C)[C@@H](CC(C)C)C(=O)N(C)[C@H](CC(C)C)COc3ccccc3C(=O)N2)ccc1Cl. The number of rotatable bonds is 9. The van der Waals surface area contributed by atoms with Gasteiger partial charge in [0.2, 0.25) is 17.7 Å². The minimum absolute atomic E-state index is 0.122. The first-order valence-corrected chi connectivity index (χ1v) is 15.9. The molecule has 10 nitrogen and oxygen atoms in total. The van der Waals surface area contributed by atoms with E-state index in [0.29, 0.717) is 29.4 Å². The van der Waals surface area contributed by atoms with Crippen molar-refractivity contribution in [3.05, 3.63) is 58.6 Å². The van der Waals surface area contributed by atoms with E-state index < -0.39 is 29.8 Å². The van der Waals surface area contributed by atoms with Gasteiger partial charge in [-0.1, -0.05) is 51.4 Å². The van der Waals surface area contributed by atoms with Crippen molar-refractivity contribution in [2.45, 2.75) is 72.0 Å². The molecule has 2 aromatic rings. The van der Waals surface area contributed by atoms with E-state index >= 15 is 0 Å². The first-order valence-electron chi connectivity index (χ1n) is 15.5. The molecule has 3 rings (SSSR count). The summed E-state index contributed by atoms with van der Waals surface area (Å²) < 4.78 is 11.9. The highest BCUT2D eigenvalue weighted by atomic mass is 35.5. The number of likely N-dealkylation sites (N-methyl/N-ethyl adjacent to an activating group) is 2. The summed E-state index contributed by atoms with van der Waals surface area (Å²) in [4.78, 5) is 57.7. The minimum atomic E-state index is -1.21. The lowest BCUT2D eigenvalue weighted by Gasteiger charge is -2.37. The lowest BCUT2D eigenvalue weighted by Crippen LogP contribution is -2.55. The summed E-state index contributed by atoms with van der Waals surface area (Å²) in [7, 11) is 3.31. The molecule has 0 saturated heterocycles. The van der Waals surface area contributed by atoms with Crippen molar-refractivity contribution in [3.63, 3.8) is 0 Å². The summed E-state index contributed by atoms with van der Waals surface area (Å²) >= 11 is 6.08. The predicted octanol–water partition coefficient (Wildman–Crippen LogP) is 4.47. The molecule has 0 aromatic heterocycles. The van der Waals surface area contributed by atoms with Crippen molar-refractivity contribution < 1.29 is 28.7 Å². The Balaban J connectivity index is 1.88. The summed E-state index contributed by atoms with van der Waals surface area (Å²) in [6.07, 6.45) is 0.774. The Bertz CT molecular complexity index is 1350. The largest absolute Gasteiger partial charge is 0.492 e. The molecule has 3 atom stereocenters. The third-order valence-electron chi connectivity index (χ3n) is 7.84. The van der Waals surface area contributed by atoms with Gasteiger partial charge >= 0.3 is 0 Å². The molecule has 2 aromatic carbocycles. The van der Waals surface area contributed by atoms with Crippen LogP contribution < -0.4 is 20.1 Å². The number of fused-ring (bicyclic) bond motifs is 1. The molecule has 45 heavy (non-hydrogen) atoms. The number of nitrogens with zero attached hydrogens (tertiary/aromatic N) is 2. The van der Waals surface area contributed by atoms with Gasteiger partial charge < -0.3 is 29.9 Å². The maximum Gasteiger partial charge on any atom is 0.255 e. The second-order valence-electron chi connectivity index (χ2n) is 12.5. The van der Waals surface area contributed by atoms with Gasteiger partial charge in [-0.15, -0.1) is 0 Å². The zero-order valence-corrected chi connectivity index (χ0v) is 28.1. The van der Waals surface area contributed by atoms with Gasteiger partial charge in [0.1, 0.15) is 36.8 Å². The summed E-state index contributed by atoms with van der Waals surface area (Å²) in [5.41, 5.74) is 1.09. The van der Waals surface area contributed by atoms with Gasteiger partial charge in [-0.2, -0.15) is 0 Å². The summed E-state index contributed by atoms with van der Waals surface area (Å²) in [5, 5.41) is 6.13. The van der Waals surface area contributed by atoms with E-state index in [2.05, 4.69) is 24.5 Å². The summed E-state index contributed by atoms with van der Waals surface area (Å²) in [6.45, 7) is 10.4. The average Bonchev–Trinajstić information content (AvgIpc) is 2.99. The number of ether oxygens (including phenoxy) is 2. The van der Waals surface area contributed by atoms with Crippen molar-refractivity contribution in [2.75, 3.05) is 33.9 Å². The number of carbonyl (C=O) groups excluding carboxylic acids is 4. The van der Waals surface area contributed by atoms with Crippen LogP contribution in [0.2, 0.25) is 5.02 Å². The molecule has 0 fully saturated rings. The fraction of sp³-hybridized carbons (Fsp3) is 0.529. The topological polar surface area (TPSA) is 117 Å². The molecule has 0 unspecified atom stereocenters. The predicted molar refractivity (Wildman–Crippen MR) is 175 cm³/mol. The van der Waals surface area contributed by atoms with Crippen molar-refractivity contribution in [1.82, 2.24) is 20.4 Å². The van der Waals surface area contributed by atoms with Crippen molar-refractivity contribution >= 4 is 35.2 Å². The van der Waals surface area contributed by atoms with E-state index in [1.165, 1.54) is 4.90 Å². The zero-order valence-electron chi connectivity index (χ0n) is 27.4. The van der Waals surface area contributed by atoms with Crippen molar-refractivity contribution in [2.24, 2.45) is 11.8 Å². The van der Waals surface area contributed by atoms with Crippen LogP contribution in [0.3, 0.4) is 0 Å². The van der Waals surface area contributed by atoms with Crippen LogP contribution in [0.4, 0.5) is 0 Å². The van der Waals surface area contributed by atoms with Crippen LogP contribution in [0.25, 0.3) is 0 Å². The molecule has 11 heteroatoms. The zero-order chi connectivity index (χ0) is 33.3. The number of nitrogens with one attached hydrogen (secondary N) is 2. The lowest BCUT2D eigenvalue weighted by molar-refractivity contribution is -0.147. The van der Waals surface area contributed by atoms with Crippen LogP contribution in [0.1, 0.15) is 62.9 Å². The number of hydrogen-bond donors (Lipinski definition) is 2. The molecule has 0 saturated carbocycles. The first-order chi connectivity index (χ1) is 21.3. The number of hydrogen-bond acceptors (Lipinski definition) is 6. The average molecular weight is 643 g/mol. The van der Waals surface area contributed by atoms with Gasteiger partial charge in [0.15, 0.2) is 0 Å². The molecular weight excluding hydrogens is 596 g/mol. The second kappa shape index (κ2) is 16.5. The van der Waals surface area contributed by atoms with Gasteiger partial charge in [-0.05, 0) is 67.5 Å². The molecule has 4 amide bonds. The number of amides is 4. The van der Waals surface area contributed by atoms with E-state index in [4.69, 9.17) is 21.1 Å². The van der Waals surface area contributed by atoms with Crippen LogP contribution in [0.5, 0.6) is 11.5 Å². The van der Waals surface area contributed by atoms with E-state index in [0.717, 1.165) is 5.56 Å². The maximum atomic E-state index is 13.9. The highest BCUT2D eigenvalue weighted by molar-refractivity contribution is 6.31. The Morgan fingerprint density at radius 1 is 1.04 bits per heavy atom. The van der Waals surface area contributed by atoms with Crippen molar-refractivity contribution in [3.8, 4) is 11.5 Å². The number of para-hydroxylation sites is 1. The molecule has 1 aliphatic rings. The summed E-state index contributed by atoms with van der Waals surface area (Å²) in [6, 6.07) is 9.77. The van der Waals surface area contributed by atoms with Crippen LogP contribution in [-0.4, -0.2) is 85.4 Å². The molecule has 0 spiro atoms. The Kier molecular flexibility index (Phi) is 13.1. The third kappa shape index (κ3) is 10.1. The second-order valence-corrected chi connectivity index (χ2v) is 12.9. The van der Waals surface area contributed by atoms with E-state index in [-0.39, 0.29) is 55.5 Å². The molecule has 2 N–H and O–H groups in total. The highest BCUT2D eigenvalue weighted by Gasteiger charge is 2.36. The monoisotopic (exact) mass is 642 g/mol. The number of aryl methyl sites for hydroxylation is 1. The van der Waals surface area contributed by atoms with Gasteiger partial charge in [-0.3, -0.25) is 19.2 Å².